The highest BCUT2D eigenvalue weighted by Crippen LogP contribution is 2.17. The lowest BCUT2D eigenvalue weighted by Crippen LogP contribution is -2.05. The van der Waals surface area contributed by atoms with Crippen LogP contribution in [0.4, 0.5) is 0 Å². The fourth-order valence-corrected chi connectivity index (χ4v) is 2.14. The highest BCUT2D eigenvalue weighted by atomic mass is 35.5. The van der Waals surface area contributed by atoms with Crippen LogP contribution in [0.5, 0.6) is 0 Å². The third kappa shape index (κ3) is 2.79. The Morgan fingerprint density at radius 1 is 1.44 bits per heavy atom. The van der Waals surface area contributed by atoms with Crippen LogP contribution >= 0.6 is 11.6 Å². The van der Waals surface area contributed by atoms with Crippen molar-refractivity contribution in [1.29, 1.82) is 0 Å². The van der Waals surface area contributed by atoms with Crippen LogP contribution in [-0.2, 0) is 13.0 Å². The molecular formula is C14H15ClN2O. The zero-order valence-electron chi connectivity index (χ0n) is 10.3. The van der Waals surface area contributed by atoms with Crippen LogP contribution in [-0.4, -0.2) is 15.8 Å². The van der Waals surface area contributed by atoms with Gasteiger partial charge in [0.25, 0.3) is 0 Å². The largest absolute Gasteiger partial charge is 0.335 e. The van der Waals surface area contributed by atoms with Crippen molar-refractivity contribution in [3.05, 3.63) is 52.6 Å². The standard InChI is InChI=1S/C14H15ClN2O/c1-2-6-17-7-5-16-14(17)9-11-3-4-13(15)8-12(11)10-18/h3-5,7-8,10H,2,6,9H2,1H3. The summed E-state index contributed by atoms with van der Waals surface area (Å²) in [6, 6.07) is 5.38. The van der Waals surface area contributed by atoms with Crippen molar-refractivity contribution < 1.29 is 4.79 Å². The molecule has 0 radical (unpaired) electrons. The average molecular weight is 263 g/mol. The lowest BCUT2D eigenvalue weighted by molar-refractivity contribution is 0.112. The molecule has 0 saturated carbocycles. The Labute approximate surface area is 111 Å². The van der Waals surface area contributed by atoms with E-state index < -0.39 is 0 Å². The Kier molecular flexibility index (Phi) is 4.15. The van der Waals surface area contributed by atoms with Gasteiger partial charge >= 0.3 is 0 Å². The number of benzene rings is 1. The summed E-state index contributed by atoms with van der Waals surface area (Å²) in [5.41, 5.74) is 1.59. The summed E-state index contributed by atoms with van der Waals surface area (Å²) in [5, 5.41) is 0.581. The molecule has 0 spiro atoms. The topological polar surface area (TPSA) is 34.9 Å². The van der Waals surface area contributed by atoms with Crippen LogP contribution in [0, 0.1) is 0 Å². The molecule has 0 aliphatic heterocycles. The highest BCUT2D eigenvalue weighted by Gasteiger charge is 2.08. The van der Waals surface area contributed by atoms with Gasteiger partial charge in [-0.05, 0) is 24.1 Å². The molecule has 2 aromatic rings. The van der Waals surface area contributed by atoms with Crippen molar-refractivity contribution in [2.45, 2.75) is 26.3 Å². The lowest BCUT2D eigenvalue weighted by Gasteiger charge is -2.08. The first-order chi connectivity index (χ1) is 8.74. The van der Waals surface area contributed by atoms with E-state index in [4.69, 9.17) is 11.6 Å². The molecule has 0 fully saturated rings. The first-order valence-electron chi connectivity index (χ1n) is 5.98. The van der Waals surface area contributed by atoms with Crippen molar-refractivity contribution in [3.63, 3.8) is 0 Å². The van der Waals surface area contributed by atoms with Crippen molar-refractivity contribution in [2.75, 3.05) is 0 Å². The van der Waals surface area contributed by atoms with Crippen molar-refractivity contribution in [1.82, 2.24) is 9.55 Å². The fourth-order valence-electron chi connectivity index (χ4n) is 1.96. The van der Waals surface area contributed by atoms with Crippen LogP contribution in [0.1, 0.15) is 35.1 Å². The van der Waals surface area contributed by atoms with E-state index in [1.807, 2.05) is 12.3 Å². The second kappa shape index (κ2) is 5.83. The molecule has 1 aromatic carbocycles. The molecule has 0 amide bonds. The number of imidazole rings is 1. The molecule has 1 heterocycles. The van der Waals surface area contributed by atoms with Crippen LogP contribution < -0.4 is 0 Å². The van der Waals surface area contributed by atoms with E-state index in [2.05, 4.69) is 16.5 Å². The minimum atomic E-state index is 0.581. The van der Waals surface area contributed by atoms with E-state index in [9.17, 15) is 4.79 Å². The van der Waals surface area contributed by atoms with Gasteiger partial charge in [0.05, 0.1) is 0 Å². The van der Waals surface area contributed by atoms with Gasteiger partial charge in [-0.2, -0.15) is 0 Å². The van der Waals surface area contributed by atoms with Gasteiger partial charge in [-0.15, -0.1) is 0 Å². The van der Waals surface area contributed by atoms with Gasteiger partial charge < -0.3 is 4.57 Å². The van der Waals surface area contributed by atoms with Gasteiger partial charge in [0.1, 0.15) is 12.1 Å². The number of aldehydes is 1. The molecule has 0 aliphatic rings. The molecule has 1 aromatic heterocycles. The zero-order chi connectivity index (χ0) is 13.0. The quantitative estimate of drug-likeness (QED) is 0.775. The lowest BCUT2D eigenvalue weighted by atomic mass is 10.1. The number of hydrogen-bond donors (Lipinski definition) is 0. The average Bonchev–Trinajstić information content (AvgIpc) is 2.79. The SMILES string of the molecule is CCCn1ccnc1Cc1ccc(Cl)cc1C=O. The first kappa shape index (κ1) is 12.8. The van der Waals surface area contributed by atoms with Crippen LogP contribution in [0.15, 0.2) is 30.6 Å². The number of rotatable bonds is 5. The van der Waals surface area contributed by atoms with Crippen molar-refractivity contribution in [3.8, 4) is 0 Å². The molecule has 0 atom stereocenters. The molecule has 94 valence electrons. The summed E-state index contributed by atoms with van der Waals surface area (Å²) in [5.74, 6) is 0.974. The maximum atomic E-state index is 11.0. The maximum absolute atomic E-state index is 11.0. The van der Waals surface area contributed by atoms with E-state index in [0.29, 0.717) is 17.0 Å². The zero-order valence-corrected chi connectivity index (χ0v) is 11.0. The number of hydrogen-bond acceptors (Lipinski definition) is 2. The van der Waals surface area contributed by atoms with Gasteiger partial charge in [0.2, 0.25) is 0 Å². The summed E-state index contributed by atoms with van der Waals surface area (Å²) < 4.78 is 2.11. The fraction of sp³-hybridized carbons (Fsp3) is 0.286. The maximum Gasteiger partial charge on any atom is 0.150 e. The Bertz CT molecular complexity index is 548. The molecule has 4 heteroatoms. The van der Waals surface area contributed by atoms with Gasteiger partial charge in [-0.3, -0.25) is 4.79 Å². The predicted molar refractivity (Wildman–Crippen MR) is 72.2 cm³/mol. The molecule has 0 saturated heterocycles. The number of aryl methyl sites for hydroxylation is 1. The predicted octanol–water partition coefficient (Wildman–Crippen LogP) is 3.35. The number of nitrogens with zero attached hydrogens (tertiary/aromatic N) is 2. The molecular weight excluding hydrogens is 248 g/mol. The Morgan fingerprint density at radius 3 is 3.00 bits per heavy atom. The van der Waals surface area contributed by atoms with Gasteiger partial charge in [0.15, 0.2) is 0 Å². The minimum Gasteiger partial charge on any atom is -0.335 e. The van der Waals surface area contributed by atoms with E-state index in [-0.39, 0.29) is 0 Å². The molecule has 3 nitrogen and oxygen atoms in total. The summed E-state index contributed by atoms with van der Waals surface area (Å²) >= 11 is 5.88. The molecule has 0 aliphatic carbocycles. The molecule has 18 heavy (non-hydrogen) atoms. The van der Waals surface area contributed by atoms with E-state index >= 15 is 0 Å². The smallest absolute Gasteiger partial charge is 0.150 e. The summed E-state index contributed by atoms with van der Waals surface area (Å²) in [6.45, 7) is 3.07. The van der Waals surface area contributed by atoms with Gasteiger partial charge in [0, 0.05) is 35.9 Å². The Balaban J connectivity index is 2.28. The van der Waals surface area contributed by atoms with Gasteiger partial charge in [-0.25, -0.2) is 4.98 Å². The normalized spacial score (nSPS) is 10.6. The van der Waals surface area contributed by atoms with Crippen LogP contribution in [0.3, 0.4) is 0 Å². The van der Waals surface area contributed by atoms with E-state index in [1.54, 1.807) is 18.3 Å². The van der Waals surface area contributed by atoms with Crippen LogP contribution in [0.25, 0.3) is 0 Å². The third-order valence-electron chi connectivity index (χ3n) is 2.85. The van der Waals surface area contributed by atoms with E-state index in [1.165, 1.54) is 0 Å². The molecule has 2 rings (SSSR count). The number of aromatic nitrogens is 2. The highest BCUT2D eigenvalue weighted by molar-refractivity contribution is 6.30. The number of halogens is 1. The Hall–Kier alpha value is -1.61. The van der Waals surface area contributed by atoms with Crippen molar-refractivity contribution >= 4 is 17.9 Å². The first-order valence-corrected chi connectivity index (χ1v) is 6.36. The molecule has 0 bridgehead atoms. The van der Waals surface area contributed by atoms with Crippen molar-refractivity contribution in [2.24, 2.45) is 0 Å². The summed E-state index contributed by atoms with van der Waals surface area (Å²) in [6.07, 6.45) is 6.31. The molecule has 0 unspecified atom stereocenters. The summed E-state index contributed by atoms with van der Waals surface area (Å²) in [7, 11) is 0. The number of carbonyl (C=O) groups is 1. The minimum absolute atomic E-state index is 0.581. The third-order valence-corrected chi connectivity index (χ3v) is 3.08. The second-order valence-electron chi connectivity index (χ2n) is 4.17. The van der Waals surface area contributed by atoms with E-state index in [0.717, 1.165) is 30.6 Å². The summed E-state index contributed by atoms with van der Waals surface area (Å²) in [4.78, 5) is 15.4. The monoisotopic (exact) mass is 262 g/mol. The Morgan fingerprint density at radius 2 is 2.28 bits per heavy atom. The second-order valence-corrected chi connectivity index (χ2v) is 4.61. The van der Waals surface area contributed by atoms with Gasteiger partial charge in [-0.1, -0.05) is 24.6 Å². The molecule has 0 N–H and O–H groups in total. The number of carbonyl (C=O) groups excluding carboxylic acids is 1. The van der Waals surface area contributed by atoms with Crippen LogP contribution in [0.2, 0.25) is 5.02 Å².